The molecule has 0 spiro atoms. The minimum Gasteiger partial charge on any atom is -0.318 e. The van der Waals surface area contributed by atoms with Gasteiger partial charge in [0, 0.05) is 10.9 Å². The Labute approximate surface area is 126 Å². The predicted octanol–water partition coefficient (Wildman–Crippen LogP) is 3.78. The van der Waals surface area contributed by atoms with Gasteiger partial charge in [0.1, 0.15) is 6.17 Å². The second-order valence-electron chi connectivity index (χ2n) is 5.66. The van der Waals surface area contributed by atoms with Crippen molar-refractivity contribution in [3.8, 4) is 0 Å². The van der Waals surface area contributed by atoms with Crippen molar-refractivity contribution in [1.29, 1.82) is 0 Å². The Balaban J connectivity index is 2.30. The molecule has 1 aliphatic rings. The highest BCUT2D eigenvalue weighted by molar-refractivity contribution is 7.10. The molecule has 1 aromatic rings. The van der Waals surface area contributed by atoms with Gasteiger partial charge < -0.3 is 4.90 Å². The molecule has 112 valence electrons. The summed E-state index contributed by atoms with van der Waals surface area (Å²) in [4.78, 5) is 16.2. The number of rotatable bonds is 6. The molecule has 1 aromatic heterocycles. The molecule has 1 aliphatic heterocycles. The van der Waals surface area contributed by atoms with Crippen molar-refractivity contribution < 1.29 is 4.79 Å². The molecule has 1 fully saturated rings. The first-order chi connectivity index (χ1) is 9.63. The summed E-state index contributed by atoms with van der Waals surface area (Å²) in [6, 6.07) is 4.49. The second kappa shape index (κ2) is 6.72. The number of hydrogen-bond acceptors (Lipinski definition) is 3. The lowest BCUT2D eigenvalue weighted by Crippen LogP contribution is -2.40. The maximum absolute atomic E-state index is 12.8. The average molecular weight is 294 g/mol. The molecule has 20 heavy (non-hydrogen) atoms. The largest absolute Gasteiger partial charge is 0.318 e. The molecule has 2 rings (SSSR count). The zero-order chi connectivity index (χ0) is 14.7. The summed E-state index contributed by atoms with van der Waals surface area (Å²) in [5.74, 6) is 0.663. The molecule has 1 N–H and O–H groups in total. The Morgan fingerprint density at radius 3 is 2.50 bits per heavy atom. The smallest absolute Gasteiger partial charge is 0.241 e. The van der Waals surface area contributed by atoms with E-state index < -0.39 is 0 Å². The molecule has 0 bridgehead atoms. The summed E-state index contributed by atoms with van der Waals surface area (Å²) < 4.78 is 0. The molecule has 3 unspecified atom stereocenters. The van der Waals surface area contributed by atoms with Crippen LogP contribution < -0.4 is 5.32 Å². The highest BCUT2D eigenvalue weighted by Gasteiger charge is 2.44. The van der Waals surface area contributed by atoms with Gasteiger partial charge in [-0.25, -0.2) is 0 Å². The molecule has 3 atom stereocenters. The lowest BCUT2D eigenvalue weighted by molar-refractivity contribution is -0.133. The van der Waals surface area contributed by atoms with Gasteiger partial charge in [-0.05, 0) is 30.2 Å². The van der Waals surface area contributed by atoms with Gasteiger partial charge in [0.05, 0.1) is 6.04 Å². The van der Waals surface area contributed by atoms with Crippen molar-refractivity contribution in [2.75, 3.05) is 0 Å². The maximum Gasteiger partial charge on any atom is 0.241 e. The van der Waals surface area contributed by atoms with Crippen LogP contribution in [-0.2, 0) is 4.79 Å². The number of carbonyl (C=O) groups excluding carboxylic acids is 1. The van der Waals surface area contributed by atoms with Gasteiger partial charge in [-0.3, -0.25) is 10.1 Å². The van der Waals surface area contributed by atoms with Crippen LogP contribution in [0.1, 0.15) is 58.0 Å². The number of nitrogens with zero attached hydrogens (tertiary/aromatic N) is 1. The van der Waals surface area contributed by atoms with Crippen molar-refractivity contribution in [2.45, 2.75) is 65.2 Å². The molecule has 1 saturated heterocycles. The standard InChI is InChI=1S/C16H26N2OS/c1-5-11(4)14-16(19)18(12(6-2)7-3)15(17-14)13-9-8-10-20-13/h8-12,14-15,17H,5-7H2,1-4H3. The van der Waals surface area contributed by atoms with E-state index in [1.807, 2.05) is 0 Å². The van der Waals surface area contributed by atoms with Gasteiger partial charge in [0.2, 0.25) is 5.91 Å². The van der Waals surface area contributed by atoms with Crippen LogP contribution >= 0.6 is 11.3 Å². The van der Waals surface area contributed by atoms with E-state index in [2.05, 4.69) is 55.4 Å². The van der Waals surface area contributed by atoms with E-state index >= 15 is 0 Å². The van der Waals surface area contributed by atoms with Gasteiger partial charge in [-0.1, -0.05) is 40.2 Å². The number of hydrogen-bond donors (Lipinski definition) is 1. The van der Waals surface area contributed by atoms with Crippen LogP contribution in [0.5, 0.6) is 0 Å². The molecule has 0 aromatic carbocycles. The van der Waals surface area contributed by atoms with Crippen LogP contribution in [0.4, 0.5) is 0 Å². The van der Waals surface area contributed by atoms with Crippen LogP contribution in [0.15, 0.2) is 17.5 Å². The number of nitrogens with one attached hydrogen (secondary N) is 1. The van der Waals surface area contributed by atoms with Crippen molar-refractivity contribution >= 4 is 17.2 Å². The highest BCUT2D eigenvalue weighted by atomic mass is 32.1. The predicted molar refractivity (Wildman–Crippen MR) is 84.7 cm³/mol. The number of amides is 1. The monoisotopic (exact) mass is 294 g/mol. The summed E-state index contributed by atoms with van der Waals surface area (Å²) in [5, 5.41) is 5.67. The van der Waals surface area contributed by atoms with Gasteiger partial charge in [-0.2, -0.15) is 0 Å². The summed E-state index contributed by atoms with van der Waals surface area (Å²) in [6.07, 6.45) is 3.11. The highest BCUT2D eigenvalue weighted by Crippen LogP contribution is 2.34. The zero-order valence-corrected chi connectivity index (χ0v) is 13.7. The van der Waals surface area contributed by atoms with Crippen LogP contribution in [0.3, 0.4) is 0 Å². The van der Waals surface area contributed by atoms with Gasteiger partial charge >= 0.3 is 0 Å². The molecule has 2 heterocycles. The van der Waals surface area contributed by atoms with Gasteiger partial charge in [0.15, 0.2) is 0 Å². The van der Waals surface area contributed by atoms with E-state index in [0.717, 1.165) is 19.3 Å². The van der Waals surface area contributed by atoms with E-state index in [0.29, 0.717) is 12.0 Å². The SMILES string of the molecule is CCC(C)C1NC(c2cccs2)N(C(CC)CC)C1=O. The molecule has 0 radical (unpaired) electrons. The quantitative estimate of drug-likeness (QED) is 0.866. The summed E-state index contributed by atoms with van der Waals surface area (Å²) in [7, 11) is 0. The van der Waals surface area contributed by atoms with E-state index in [1.54, 1.807) is 11.3 Å². The summed E-state index contributed by atoms with van der Waals surface area (Å²) >= 11 is 1.73. The van der Waals surface area contributed by atoms with Gasteiger partial charge in [-0.15, -0.1) is 11.3 Å². The van der Waals surface area contributed by atoms with Crippen LogP contribution in [0.25, 0.3) is 0 Å². The van der Waals surface area contributed by atoms with E-state index in [9.17, 15) is 4.79 Å². The minimum atomic E-state index is -0.0345. The Morgan fingerprint density at radius 2 is 2.00 bits per heavy atom. The van der Waals surface area contributed by atoms with E-state index in [4.69, 9.17) is 0 Å². The summed E-state index contributed by atoms with van der Waals surface area (Å²) in [5.41, 5.74) is 0. The normalized spacial score (nSPS) is 24.6. The third kappa shape index (κ3) is 2.77. The lowest BCUT2D eigenvalue weighted by Gasteiger charge is -2.31. The molecule has 3 nitrogen and oxygen atoms in total. The molecule has 0 aliphatic carbocycles. The van der Waals surface area contributed by atoms with Crippen molar-refractivity contribution in [3.63, 3.8) is 0 Å². The third-order valence-corrected chi connectivity index (χ3v) is 5.42. The first kappa shape index (κ1) is 15.5. The molecule has 0 saturated carbocycles. The third-order valence-electron chi connectivity index (χ3n) is 4.50. The Morgan fingerprint density at radius 1 is 1.30 bits per heavy atom. The lowest BCUT2D eigenvalue weighted by atomic mass is 9.99. The van der Waals surface area contributed by atoms with E-state index in [-0.39, 0.29) is 18.1 Å². The first-order valence-electron chi connectivity index (χ1n) is 7.75. The zero-order valence-electron chi connectivity index (χ0n) is 12.9. The Kier molecular flexibility index (Phi) is 5.22. The van der Waals surface area contributed by atoms with Crippen molar-refractivity contribution in [3.05, 3.63) is 22.4 Å². The fourth-order valence-electron chi connectivity index (χ4n) is 2.99. The number of carbonyl (C=O) groups is 1. The fourth-order valence-corrected chi connectivity index (χ4v) is 3.77. The van der Waals surface area contributed by atoms with Crippen molar-refractivity contribution in [1.82, 2.24) is 10.2 Å². The van der Waals surface area contributed by atoms with Crippen LogP contribution in [0, 0.1) is 5.92 Å². The van der Waals surface area contributed by atoms with Gasteiger partial charge in [0.25, 0.3) is 0 Å². The molecule has 4 heteroatoms. The topological polar surface area (TPSA) is 32.3 Å². The van der Waals surface area contributed by atoms with Crippen molar-refractivity contribution in [2.24, 2.45) is 5.92 Å². The maximum atomic E-state index is 12.8. The second-order valence-corrected chi connectivity index (χ2v) is 6.64. The molecular weight excluding hydrogens is 268 g/mol. The fraction of sp³-hybridized carbons (Fsp3) is 0.688. The molecule has 1 amide bonds. The van der Waals surface area contributed by atoms with Crippen LogP contribution in [-0.4, -0.2) is 22.9 Å². The number of thiophene rings is 1. The average Bonchev–Trinajstić information content (AvgIpc) is 3.08. The minimum absolute atomic E-state index is 0.0345. The molecular formula is C16H26N2OS. The Bertz CT molecular complexity index is 428. The van der Waals surface area contributed by atoms with Crippen LogP contribution in [0.2, 0.25) is 0 Å². The van der Waals surface area contributed by atoms with E-state index in [1.165, 1.54) is 4.88 Å². The summed E-state index contributed by atoms with van der Waals surface area (Å²) in [6.45, 7) is 8.66. The Hall–Kier alpha value is -0.870. The first-order valence-corrected chi connectivity index (χ1v) is 8.63.